The van der Waals surface area contributed by atoms with E-state index < -0.39 is 5.97 Å². The first-order chi connectivity index (χ1) is 8.63. The van der Waals surface area contributed by atoms with Gasteiger partial charge >= 0.3 is 5.97 Å². The van der Waals surface area contributed by atoms with Crippen LogP contribution in [0.4, 0.5) is 0 Å². The highest BCUT2D eigenvalue weighted by Crippen LogP contribution is 2.31. The number of rotatable bonds is 2. The van der Waals surface area contributed by atoms with E-state index in [1.807, 2.05) is 18.2 Å². The maximum absolute atomic E-state index is 10.7. The van der Waals surface area contributed by atoms with Crippen molar-refractivity contribution in [3.05, 3.63) is 47.0 Å². The molecule has 2 aromatic carbocycles. The van der Waals surface area contributed by atoms with E-state index in [-0.39, 0.29) is 13.8 Å². The molecule has 0 aliphatic carbocycles. The quantitative estimate of drug-likeness (QED) is 0.749. The number of carbonyl (C=O) groups is 1. The zero-order valence-corrected chi connectivity index (χ0v) is 10.1. The lowest BCUT2D eigenvalue weighted by Gasteiger charge is -1.96. The Hall–Kier alpha value is -2.00. The fraction of sp³-hybridized carbons (Fsp3) is 0.133. The van der Waals surface area contributed by atoms with Gasteiger partial charge in [-0.2, -0.15) is 0 Å². The number of hydrogen-bond donors (Lipinski definition) is 1. The number of benzene rings is 2. The first kappa shape index (κ1) is 13.4. The van der Waals surface area contributed by atoms with Gasteiger partial charge in [-0.15, -0.1) is 0 Å². The van der Waals surface area contributed by atoms with E-state index in [1.54, 1.807) is 18.2 Å². The predicted molar refractivity (Wildman–Crippen MR) is 76.8 cm³/mol. The molecule has 4 heteroatoms. The third kappa shape index (κ3) is 2.42. The van der Waals surface area contributed by atoms with Gasteiger partial charge in [-0.3, -0.25) is 4.79 Å². The highest BCUT2D eigenvalue weighted by molar-refractivity contribution is 6.31. The van der Waals surface area contributed by atoms with Gasteiger partial charge in [0.15, 0.2) is 0 Å². The molecule has 0 aliphatic rings. The second-order valence-electron chi connectivity index (χ2n) is 4.14. The molecule has 0 amide bonds. The summed E-state index contributed by atoms with van der Waals surface area (Å²) in [7, 11) is 0. The van der Waals surface area contributed by atoms with Crippen molar-refractivity contribution in [2.45, 2.75) is 13.8 Å². The van der Waals surface area contributed by atoms with Crippen LogP contribution in [0.15, 0.2) is 40.8 Å². The second-order valence-corrected chi connectivity index (χ2v) is 4.58. The molecular formula is C15H13ClO3. The maximum atomic E-state index is 10.7. The van der Waals surface area contributed by atoms with Crippen LogP contribution in [0.2, 0.25) is 5.02 Å². The number of carboxylic acid groups (broad SMARTS) is 1. The molecule has 0 aliphatic heterocycles. The van der Waals surface area contributed by atoms with E-state index in [4.69, 9.17) is 21.1 Å². The van der Waals surface area contributed by atoms with Crippen LogP contribution >= 0.6 is 11.6 Å². The van der Waals surface area contributed by atoms with Crippen molar-refractivity contribution in [3.8, 4) is 0 Å². The van der Waals surface area contributed by atoms with E-state index in [9.17, 15) is 4.79 Å². The fourth-order valence-corrected chi connectivity index (χ4v) is 2.25. The molecule has 0 spiro atoms. The van der Waals surface area contributed by atoms with Gasteiger partial charge in [-0.05, 0) is 29.8 Å². The van der Waals surface area contributed by atoms with Crippen molar-refractivity contribution in [1.29, 1.82) is 0 Å². The van der Waals surface area contributed by atoms with E-state index in [0.29, 0.717) is 10.6 Å². The minimum Gasteiger partial charge on any atom is -0.481 e. The van der Waals surface area contributed by atoms with Crippen molar-refractivity contribution in [2.24, 2.45) is 0 Å². The van der Waals surface area contributed by atoms with Gasteiger partial charge in [-0.1, -0.05) is 31.2 Å². The second kappa shape index (κ2) is 4.94. The summed E-state index contributed by atoms with van der Waals surface area (Å²) in [6, 6.07) is 10.9. The van der Waals surface area contributed by atoms with Gasteiger partial charge in [0.1, 0.15) is 11.2 Å². The van der Waals surface area contributed by atoms with Crippen LogP contribution in [0.1, 0.15) is 13.0 Å². The number of furan rings is 1. The van der Waals surface area contributed by atoms with E-state index in [0.717, 1.165) is 21.9 Å². The van der Waals surface area contributed by atoms with E-state index in [2.05, 4.69) is 0 Å². The number of aliphatic carboxylic acids is 1. The molecule has 0 bridgehead atoms. The van der Waals surface area contributed by atoms with Crippen LogP contribution < -0.4 is 0 Å². The standard InChI is InChI=1S/C14H9ClO3.CH4/c15-9-2-4-12-11(7-9)10-3-1-8(6-14(16)17)5-13(10)18-12;/h1-5,7H,6H2,(H,16,17);1H4. The Morgan fingerprint density at radius 2 is 1.89 bits per heavy atom. The third-order valence-electron chi connectivity index (χ3n) is 2.85. The molecular weight excluding hydrogens is 264 g/mol. The number of halogens is 1. The van der Waals surface area contributed by atoms with E-state index in [1.165, 1.54) is 0 Å². The van der Waals surface area contributed by atoms with Gasteiger partial charge < -0.3 is 9.52 Å². The summed E-state index contributed by atoms with van der Waals surface area (Å²) in [4.78, 5) is 10.7. The van der Waals surface area contributed by atoms with Crippen molar-refractivity contribution < 1.29 is 14.3 Å². The fourth-order valence-electron chi connectivity index (χ4n) is 2.08. The van der Waals surface area contributed by atoms with Crippen LogP contribution in [0.3, 0.4) is 0 Å². The minimum atomic E-state index is -0.853. The average Bonchev–Trinajstić information content (AvgIpc) is 2.65. The van der Waals surface area contributed by atoms with Crippen LogP contribution in [0.5, 0.6) is 0 Å². The van der Waals surface area contributed by atoms with Gasteiger partial charge in [0.25, 0.3) is 0 Å². The van der Waals surface area contributed by atoms with Crippen LogP contribution in [-0.4, -0.2) is 11.1 Å². The SMILES string of the molecule is C.O=C(O)Cc1ccc2c(c1)oc1ccc(Cl)cc12. The summed E-state index contributed by atoms with van der Waals surface area (Å²) in [6.07, 6.45) is -0.00621. The Morgan fingerprint density at radius 3 is 2.63 bits per heavy atom. The molecule has 3 rings (SSSR count). The lowest BCUT2D eigenvalue weighted by molar-refractivity contribution is -0.136. The van der Waals surface area contributed by atoms with E-state index >= 15 is 0 Å². The third-order valence-corrected chi connectivity index (χ3v) is 3.09. The molecule has 0 saturated heterocycles. The summed E-state index contributed by atoms with van der Waals surface area (Å²) < 4.78 is 5.68. The molecule has 19 heavy (non-hydrogen) atoms. The smallest absolute Gasteiger partial charge is 0.307 e. The lowest BCUT2D eigenvalue weighted by atomic mass is 10.1. The van der Waals surface area contributed by atoms with Gasteiger partial charge in [0.05, 0.1) is 6.42 Å². The molecule has 1 N–H and O–H groups in total. The van der Waals surface area contributed by atoms with Crippen molar-refractivity contribution in [2.75, 3.05) is 0 Å². The molecule has 98 valence electrons. The molecule has 0 fully saturated rings. The highest BCUT2D eigenvalue weighted by Gasteiger charge is 2.09. The normalized spacial score (nSPS) is 10.6. The molecule has 3 nitrogen and oxygen atoms in total. The van der Waals surface area contributed by atoms with Crippen molar-refractivity contribution in [3.63, 3.8) is 0 Å². The summed E-state index contributed by atoms with van der Waals surface area (Å²) in [5.41, 5.74) is 2.16. The molecule has 1 heterocycles. The van der Waals surface area contributed by atoms with Crippen molar-refractivity contribution >= 4 is 39.5 Å². The summed E-state index contributed by atoms with van der Waals surface area (Å²) in [5, 5.41) is 11.3. The number of fused-ring (bicyclic) bond motifs is 3. The monoisotopic (exact) mass is 276 g/mol. The van der Waals surface area contributed by atoms with Gasteiger partial charge in [-0.25, -0.2) is 0 Å². The van der Waals surface area contributed by atoms with Gasteiger partial charge in [0, 0.05) is 15.8 Å². The zero-order chi connectivity index (χ0) is 12.7. The molecule has 0 saturated carbocycles. The predicted octanol–water partition coefficient (Wildman–Crippen LogP) is 4.50. The number of carboxylic acids is 1. The van der Waals surface area contributed by atoms with Crippen molar-refractivity contribution in [1.82, 2.24) is 0 Å². The largest absolute Gasteiger partial charge is 0.481 e. The Labute approximate surface area is 115 Å². The van der Waals surface area contributed by atoms with Crippen LogP contribution in [0.25, 0.3) is 21.9 Å². The Balaban J connectivity index is 0.00000133. The zero-order valence-electron chi connectivity index (χ0n) is 9.31. The topological polar surface area (TPSA) is 50.4 Å². The molecule has 1 aromatic heterocycles. The summed E-state index contributed by atoms with van der Waals surface area (Å²) in [6.45, 7) is 0. The first-order valence-electron chi connectivity index (χ1n) is 5.46. The molecule has 0 radical (unpaired) electrons. The summed E-state index contributed by atoms with van der Waals surface area (Å²) in [5.74, 6) is -0.853. The average molecular weight is 277 g/mol. The van der Waals surface area contributed by atoms with Crippen LogP contribution in [0, 0.1) is 0 Å². The van der Waals surface area contributed by atoms with Gasteiger partial charge in [0.2, 0.25) is 0 Å². The molecule has 3 aromatic rings. The first-order valence-corrected chi connectivity index (χ1v) is 5.84. The Morgan fingerprint density at radius 1 is 1.11 bits per heavy atom. The Kier molecular flexibility index (Phi) is 3.49. The number of hydrogen-bond acceptors (Lipinski definition) is 2. The molecule has 0 unspecified atom stereocenters. The van der Waals surface area contributed by atoms with Crippen LogP contribution in [-0.2, 0) is 11.2 Å². The lowest BCUT2D eigenvalue weighted by Crippen LogP contribution is -1.99. The minimum absolute atomic E-state index is 0. The maximum Gasteiger partial charge on any atom is 0.307 e. The highest BCUT2D eigenvalue weighted by atomic mass is 35.5. The molecule has 0 atom stereocenters. The summed E-state index contributed by atoms with van der Waals surface area (Å²) >= 11 is 5.96. The Bertz CT molecular complexity index is 759.